The van der Waals surface area contributed by atoms with Crippen LogP contribution in [0, 0.1) is 13.8 Å². The summed E-state index contributed by atoms with van der Waals surface area (Å²) in [6.07, 6.45) is 1.06. The van der Waals surface area contributed by atoms with E-state index in [9.17, 15) is 0 Å². The summed E-state index contributed by atoms with van der Waals surface area (Å²) in [6.45, 7) is 8.02. The fourth-order valence-corrected chi connectivity index (χ4v) is 3.76. The first-order chi connectivity index (χ1) is 11.7. The topological polar surface area (TPSA) is 37.0 Å². The average Bonchev–Trinajstić information content (AvgIpc) is 2.97. The van der Waals surface area contributed by atoms with E-state index in [1.54, 1.807) is 0 Å². The highest BCUT2D eigenvalue weighted by Crippen LogP contribution is 2.38. The van der Waals surface area contributed by atoms with Crippen molar-refractivity contribution in [2.24, 2.45) is 0 Å². The number of aromatic nitrogens is 1. The van der Waals surface area contributed by atoms with Crippen molar-refractivity contribution in [1.82, 2.24) is 10.3 Å². The van der Waals surface area contributed by atoms with Gasteiger partial charge in [0, 0.05) is 28.7 Å². The lowest BCUT2D eigenvalue weighted by Crippen LogP contribution is -2.31. The van der Waals surface area contributed by atoms with Crippen molar-refractivity contribution >= 4 is 10.9 Å². The second kappa shape index (κ2) is 5.99. The highest BCUT2D eigenvalue weighted by Gasteiger charge is 2.27. The van der Waals surface area contributed by atoms with Gasteiger partial charge in [0.1, 0.15) is 5.75 Å². The van der Waals surface area contributed by atoms with Crippen LogP contribution in [0.1, 0.15) is 40.9 Å². The van der Waals surface area contributed by atoms with Crippen molar-refractivity contribution < 1.29 is 4.74 Å². The quantitative estimate of drug-likeness (QED) is 0.749. The van der Waals surface area contributed by atoms with Gasteiger partial charge in [-0.2, -0.15) is 0 Å². The van der Waals surface area contributed by atoms with Crippen LogP contribution in [0.2, 0.25) is 0 Å². The van der Waals surface area contributed by atoms with Gasteiger partial charge in [-0.15, -0.1) is 0 Å². The van der Waals surface area contributed by atoms with Gasteiger partial charge in [0.25, 0.3) is 0 Å². The van der Waals surface area contributed by atoms with Gasteiger partial charge in [0.05, 0.1) is 12.6 Å². The molecule has 0 spiro atoms. The molecule has 3 nitrogen and oxygen atoms in total. The molecular formula is C21H24N2O. The average molecular weight is 320 g/mol. The van der Waals surface area contributed by atoms with Crippen molar-refractivity contribution in [2.45, 2.75) is 33.2 Å². The molecular weight excluding hydrogens is 296 g/mol. The zero-order valence-corrected chi connectivity index (χ0v) is 14.6. The third kappa shape index (κ3) is 2.40. The molecule has 4 rings (SSSR count). The molecule has 2 aromatic carbocycles. The number of nitrogens with one attached hydrogen (secondary N) is 2. The summed E-state index contributed by atoms with van der Waals surface area (Å²) in [4.78, 5) is 3.65. The van der Waals surface area contributed by atoms with Crippen molar-refractivity contribution in [1.29, 1.82) is 0 Å². The smallest absolute Gasteiger partial charge is 0.124 e. The molecule has 0 bridgehead atoms. The number of benzene rings is 2. The Morgan fingerprint density at radius 1 is 1.12 bits per heavy atom. The minimum absolute atomic E-state index is 0.155. The molecule has 1 aliphatic heterocycles. The fourth-order valence-electron chi connectivity index (χ4n) is 3.76. The highest BCUT2D eigenvalue weighted by atomic mass is 16.5. The first-order valence-electron chi connectivity index (χ1n) is 8.76. The molecule has 2 heterocycles. The molecule has 1 aliphatic rings. The molecule has 24 heavy (non-hydrogen) atoms. The Balaban J connectivity index is 1.89. The summed E-state index contributed by atoms with van der Waals surface area (Å²) in [5.74, 6) is 0.990. The van der Waals surface area contributed by atoms with E-state index in [4.69, 9.17) is 4.74 Å². The van der Waals surface area contributed by atoms with Crippen LogP contribution in [0.4, 0.5) is 0 Å². The van der Waals surface area contributed by atoms with E-state index in [0.29, 0.717) is 6.61 Å². The standard InChI is InChI=1S/C21H24N2O/c1-4-24-19-12-14(3)13(2)11-17(19)20-21-16(9-10-22-20)15-7-5-6-8-18(15)23-21/h5-8,11-12,20,22-23H,4,9-10H2,1-3H3. The van der Waals surface area contributed by atoms with Gasteiger partial charge < -0.3 is 15.0 Å². The predicted molar refractivity (Wildman–Crippen MR) is 98.9 cm³/mol. The van der Waals surface area contributed by atoms with Gasteiger partial charge in [0.2, 0.25) is 0 Å². The summed E-state index contributed by atoms with van der Waals surface area (Å²) >= 11 is 0. The van der Waals surface area contributed by atoms with Gasteiger partial charge >= 0.3 is 0 Å². The lowest BCUT2D eigenvalue weighted by atomic mass is 9.92. The number of H-pyrrole nitrogens is 1. The molecule has 0 saturated heterocycles. The number of rotatable bonds is 3. The minimum Gasteiger partial charge on any atom is -0.494 e. The summed E-state index contributed by atoms with van der Waals surface area (Å²) < 4.78 is 5.96. The van der Waals surface area contributed by atoms with Crippen LogP contribution in [0.5, 0.6) is 5.75 Å². The Kier molecular flexibility index (Phi) is 3.81. The second-order valence-electron chi connectivity index (χ2n) is 6.61. The lowest BCUT2D eigenvalue weighted by Gasteiger charge is -2.27. The van der Waals surface area contributed by atoms with Gasteiger partial charge in [-0.25, -0.2) is 0 Å². The summed E-state index contributed by atoms with van der Waals surface area (Å²) in [5.41, 5.74) is 7.75. The van der Waals surface area contributed by atoms with Gasteiger partial charge in [0.15, 0.2) is 0 Å². The van der Waals surface area contributed by atoms with E-state index in [-0.39, 0.29) is 6.04 Å². The third-order valence-corrected chi connectivity index (χ3v) is 5.10. The summed E-state index contributed by atoms with van der Waals surface area (Å²) in [6, 6.07) is 13.2. The predicted octanol–water partition coefficient (Wildman–Crippen LogP) is 4.42. The molecule has 0 saturated carbocycles. The number of ether oxygens (including phenoxy) is 1. The van der Waals surface area contributed by atoms with E-state index in [1.807, 2.05) is 6.92 Å². The van der Waals surface area contributed by atoms with Crippen LogP contribution >= 0.6 is 0 Å². The molecule has 1 aromatic heterocycles. The van der Waals surface area contributed by atoms with Crippen molar-refractivity contribution in [3.8, 4) is 5.75 Å². The molecule has 3 heteroatoms. The number of para-hydroxylation sites is 1. The number of aryl methyl sites for hydroxylation is 2. The second-order valence-corrected chi connectivity index (χ2v) is 6.61. The van der Waals surface area contributed by atoms with Crippen LogP contribution in [-0.2, 0) is 6.42 Å². The lowest BCUT2D eigenvalue weighted by molar-refractivity contribution is 0.332. The van der Waals surface area contributed by atoms with Gasteiger partial charge in [-0.3, -0.25) is 0 Å². The molecule has 124 valence electrons. The van der Waals surface area contributed by atoms with E-state index in [0.717, 1.165) is 18.7 Å². The Labute approximate surface area is 143 Å². The fraction of sp³-hybridized carbons (Fsp3) is 0.333. The zero-order chi connectivity index (χ0) is 16.7. The Bertz CT molecular complexity index is 894. The molecule has 1 atom stereocenters. The number of hydrogen-bond acceptors (Lipinski definition) is 2. The maximum absolute atomic E-state index is 5.96. The van der Waals surface area contributed by atoms with E-state index >= 15 is 0 Å². The Morgan fingerprint density at radius 3 is 2.75 bits per heavy atom. The van der Waals surface area contributed by atoms with Crippen LogP contribution in [0.3, 0.4) is 0 Å². The van der Waals surface area contributed by atoms with E-state index in [1.165, 1.54) is 38.9 Å². The number of hydrogen-bond donors (Lipinski definition) is 2. The largest absolute Gasteiger partial charge is 0.494 e. The number of fused-ring (bicyclic) bond motifs is 3. The summed E-state index contributed by atoms with van der Waals surface area (Å²) in [7, 11) is 0. The third-order valence-electron chi connectivity index (χ3n) is 5.10. The van der Waals surface area contributed by atoms with Crippen LogP contribution < -0.4 is 10.1 Å². The van der Waals surface area contributed by atoms with Gasteiger partial charge in [-0.05, 0) is 56.0 Å². The molecule has 0 fully saturated rings. The normalized spacial score (nSPS) is 17.0. The number of aromatic amines is 1. The van der Waals surface area contributed by atoms with Gasteiger partial charge in [-0.1, -0.05) is 24.3 Å². The maximum atomic E-state index is 5.96. The first kappa shape index (κ1) is 15.3. The van der Waals surface area contributed by atoms with E-state index < -0.39 is 0 Å². The molecule has 0 amide bonds. The molecule has 0 aliphatic carbocycles. The highest BCUT2D eigenvalue weighted by molar-refractivity contribution is 5.85. The molecule has 2 N–H and O–H groups in total. The van der Waals surface area contributed by atoms with Crippen molar-refractivity contribution in [2.75, 3.05) is 13.2 Å². The minimum atomic E-state index is 0.155. The van der Waals surface area contributed by atoms with Crippen molar-refractivity contribution in [3.05, 3.63) is 64.3 Å². The zero-order valence-electron chi connectivity index (χ0n) is 14.6. The molecule has 0 radical (unpaired) electrons. The van der Waals surface area contributed by atoms with Crippen LogP contribution in [-0.4, -0.2) is 18.1 Å². The Morgan fingerprint density at radius 2 is 1.92 bits per heavy atom. The monoisotopic (exact) mass is 320 g/mol. The van der Waals surface area contributed by atoms with Crippen LogP contribution in [0.25, 0.3) is 10.9 Å². The van der Waals surface area contributed by atoms with E-state index in [2.05, 4.69) is 60.5 Å². The first-order valence-corrected chi connectivity index (χ1v) is 8.76. The Hall–Kier alpha value is -2.26. The summed E-state index contributed by atoms with van der Waals surface area (Å²) in [5, 5.41) is 5.03. The molecule has 3 aromatic rings. The SMILES string of the molecule is CCOc1cc(C)c(C)cc1C1NCCc2c1[nH]c1ccccc21. The maximum Gasteiger partial charge on any atom is 0.124 e. The van der Waals surface area contributed by atoms with Crippen LogP contribution in [0.15, 0.2) is 36.4 Å². The van der Waals surface area contributed by atoms with Crippen molar-refractivity contribution in [3.63, 3.8) is 0 Å². The molecule has 1 unspecified atom stereocenters.